The molecule has 2 rings (SSSR count). The summed E-state index contributed by atoms with van der Waals surface area (Å²) in [6.45, 7) is 2.07. The van der Waals surface area contributed by atoms with Gasteiger partial charge in [-0.15, -0.1) is 16.9 Å². The van der Waals surface area contributed by atoms with Crippen LogP contribution in [0.5, 0.6) is 0 Å². The topological polar surface area (TPSA) is 68.9 Å². The Hall–Kier alpha value is -1.62. The van der Waals surface area contributed by atoms with Crippen LogP contribution < -0.4 is 5.73 Å². The van der Waals surface area contributed by atoms with E-state index in [1.165, 1.54) is 0 Å². The molecule has 0 bridgehead atoms. The van der Waals surface area contributed by atoms with E-state index in [-0.39, 0.29) is 12.3 Å². The molecule has 0 radical (unpaired) electrons. The van der Waals surface area contributed by atoms with Crippen LogP contribution in [-0.4, -0.2) is 21.9 Å². The van der Waals surface area contributed by atoms with Crippen molar-refractivity contribution < 1.29 is 4.79 Å². The van der Waals surface area contributed by atoms with Gasteiger partial charge in [-0.1, -0.05) is 31.2 Å². The first-order valence-corrected chi connectivity index (χ1v) is 6.36. The summed E-state index contributed by atoms with van der Waals surface area (Å²) in [4.78, 5) is 11.0. The molecule has 0 spiro atoms. The lowest BCUT2D eigenvalue weighted by Gasteiger charge is -2.06. The molecule has 17 heavy (non-hydrogen) atoms. The molecule has 4 nitrogen and oxygen atoms in total. The Balaban J connectivity index is 2.57. The molecule has 0 fully saturated rings. The van der Waals surface area contributed by atoms with Gasteiger partial charge in [0.1, 0.15) is 5.03 Å². The van der Waals surface area contributed by atoms with Crippen molar-refractivity contribution in [3.63, 3.8) is 0 Å². The lowest BCUT2D eigenvalue weighted by Crippen LogP contribution is -2.15. The standard InChI is InChI=1S/C12H13N3OS/c1-2-17-12-9-6-4-3-5-8(9)10(14-15-12)7-11(13)16/h3-6H,2,7H2,1H3,(H2,13,16). The van der Waals surface area contributed by atoms with Gasteiger partial charge in [0.2, 0.25) is 5.91 Å². The molecule has 1 aromatic carbocycles. The van der Waals surface area contributed by atoms with Crippen molar-refractivity contribution in [2.75, 3.05) is 5.75 Å². The number of primary amides is 1. The van der Waals surface area contributed by atoms with Gasteiger partial charge in [0.05, 0.1) is 12.1 Å². The van der Waals surface area contributed by atoms with Crippen LogP contribution >= 0.6 is 11.8 Å². The van der Waals surface area contributed by atoms with Gasteiger partial charge in [0, 0.05) is 10.8 Å². The van der Waals surface area contributed by atoms with E-state index in [9.17, 15) is 4.79 Å². The maximum Gasteiger partial charge on any atom is 0.223 e. The number of nitrogens with two attached hydrogens (primary N) is 1. The van der Waals surface area contributed by atoms with Crippen LogP contribution in [0.3, 0.4) is 0 Å². The predicted octanol–water partition coefficient (Wildman–Crippen LogP) is 1.77. The molecule has 0 aliphatic carbocycles. The summed E-state index contributed by atoms with van der Waals surface area (Å²) in [5.74, 6) is 0.550. The highest BCUT2D eigenvalue weighted by Crippen LogP contribution is 2.26. The number of benzene rings is 1. The Morgan fingerprint density at radius 3 is 2.65 bits per heavy atom. The Labute approximate surface area is 104 Å². The second-order valence-corrected chi connectivity index (χ2v) is 4.83. The molecule has 0 aliphatic rings. The smallest absolute Gasteiger partial charge is 0.223 e. The lowest BCUT2D eigenvalue weighted by molar-refractivity contribution is -0.117. The van der Waals surface area contributed by atoms with Crippen LogP contribution in [0.1, 0.15) is 12.6 Å². The number of hydrogen-bond donors (Lipinski definition) is 1. The van der Waals surface area contributed by atoms with Crippen molar-refractivity contribution in [1.29, 1.82) is 0 Å². The second kappa shape index (κ2) is 5.14. The molecule has 2 N–H and O–H groups in total. The summed E-state index contributed by atoms with van der Waals surface area (Å²) < 4.78 is 0. The van der Waals surface area contributed by atoms with Crippen LogP contribution in [0.2, 0.25) is 0 Å². The van der Waals surface area contributed by atoms with E-state index in [4.69, 9.17) is 5.73 Å². The highest BCUT2D eigenvalue weighted by atomic mass is 32.2. The average Bonchev–Trinajstić information content (AvgIpc) is 2.32. The molecule has 0 saturated carbocycles. The molecule has 0 aliphatic heterocycles. The van der Waals surface area contributed by atoms with Crippen molar-refractivity contribution in [2.24, 2.45) is 5.73 Å². The van der Waals surface area contributed by atoms with E-state index < -0.39 is 0 Å². The van der Waals surface area contributed by atoms with Crippen molar-refractivity contribution in [3.8, 4) is 0 Å². The van der Waals surface area contributed by atoms with Crippen molar-refractivity contribution in [1.82, 2.24) is 10.2 Å². The Bertz CT molecular complexity index is 556. The van der Waals surface area contributed by atoms with Crippen molar-refractivity contribution in [3.05, 3.63) is 30.0 Å². The van der Waals surface area contributed by atoms with Crippen molar-refractivity contribution in [2.45, 2.75) is 18.4 Å². The molecule has 2 aromatic rings. The van der Waals surface area contributed by atoms with Crippen LogP contribution in [0.4, 0.5) is 0 Å². The van der Waals surface area contributed by atoms with E-state index in [1.807, 2.05) is 24.3 Å². The van der Waals surface area contributed by atoms with E-state index in [2.05, 4.69) is 17.1 Å². The van der Waals surface area contributed by atoms with E-state index in [0.29, 0.717) is 5.69 Å². The van der Waals surface area contributed by atoms with Gasteiger partial charge >= 0.3 is 0 Å². The minimum absolute atomic E-state index is 0.130. The third kappa shape index (κ3) is 2.55. The SMILES string of the molecule is CCSc1nnc(CC(N)=O)c2ccccc12. The van der Waals surface area contributed by atoms with Gasteiger partial charge in [-0.25, -0.2) is 0 Å². The van der Waals surface area contributed by atoms with Gasteiger partial charge in [0.25, 0.3) is 0 Å². The van der Waals surface area contributed by atoms with Gasteiger partial charge in [-0.3, -0.25) is 4.79 Å². The number of amides is 1. The maximum absolute atomic E-state index is 11.0. The number of hydrogen-bond acceptors (Lipinski definition) is 4. The predicted molar refractivity (Wildman–Crippen MR) is 68.8 cm³/mol. The summed E-state index contributed by atoms with van der Waals surface area (Å²) in [5, 5.41) is 11.1. The number of carbonyl (C=O) groups is 1. The number of fused-ring (bicyclic) bond motifs is 1. The fourth-order valence-electron chi connectivity index (χ4n) is 1.67. The van der Waals surface area contributed by atoms with Crippen LogP contribution in [0.25, 0.3) is 10.8 Å². The summed E-state index contributed by atoms with van der Waals surface area (Å²) >= 11 is 1.64. The zero-order valence-corrected chi connectivity index (χ0v) is 10.3. The fraction of sp³-hybridized carbons (Fsp3) is 0.250. The second-order valence-electron chi connectivity index (χ2n) is 3.57. The summed E-state index contributed by atoms with van der Waals surface area (Å²) in [6, 6.07) is 7.82. The van der Waals surface area contributed by atoms with Crippen molar-refractivity contribution >= 4 is 28.4 Å². The fourth-order valence-corrected chi connectivity index (χ4v) is 2.38. The molecule has 1 amide bonds. The molecular formula is C12H13N3OS. The number of thioether (sulfide) groups is 1. The first-order chi connectivity index (χ1) is 8.22. The van der Waals surface area contributed by atoms with Crippen LogP contribution in [-0.2, 0) is 11.2 Å². The molecule has 88 valence electrons. The zero-order chi connectivity index (χ0) is 12.3. The number of aromatic nitrogens is 2. The number of rotatable bonds is 4. The van der Waals surface area contributed by atoms with Crippen LogP contribution in [0.15, 0.2) is 29.3 Å². The quantitative estimate of drug-likeness (QED) is 0.836. The maximum atomic E-state index is 11.0. The van der Waals surface area contributed by atoms with Gasteiger partial charge in [-0.2, -0.15) is 5.10 Å². The lowest BCUT2D eigenvalue weighted by atomic mass is 10.1. The van der Waals surface area contributed by atoms with Crippen LogP contribution in [0, 0.1) is 0 Å². The molecule has 1 heterocycles. The van der Waals surface area contributed by atoms with E-state index in [1.54, 1.807) is 11.8 Å². The summed E-state index contributed by atoms with van der Waals surface area (Å²) in [5.41, 5.74) is 5.85. The minimum Gasteiger partial charge on any atom is -0.369 e. The average molecular weight is 247 g/mol. The first-order valence-electron chi connectivity index (χ1n) is 5.37. The Kier molecular flexibility index (Phi) is 3.58. The Morgan fingerprint density at radius 2 is 2.00 bits per heavy atom. The summed E-state index contributed by atoms with van der Waals surface area (Å²) in [6.07, 6.45) is 0.130. The highest BCUT2D eigenvalue weighted by Gasteiger charge is 2.10. The van der Waals surface area contributed by atoms with E-state index in [0.717, 1.165) is 21.6 Å². The van der Waals surface area contributed by atoms with Gasteiger partial charge < -0.3 is 5.73 Å². The highest BCUT2D eigenvalue weighted by molar-refractivity contribution is 7.99. The normalized spacial score (nSPS) is 10.6. The number of nitrogens with zero attached hydrogens (tertiary/aromatic N) is 2. The minimum atomic E-state index is -0.389. The molecule has 1 aromatic heterocycles. The first kappa shape index (κ1) is 11.9. The monoisotopic (exact) mass is 247 g/mol. The molecule has 0 unspecified atom stereocenters. The molecule has 0 atom stereocenters. The zero-order valence-electron chi connectivity index (χ0n) is 9.51. The molecule has 0 saturated heterocycles. The third-order valence-electron chi connectivity index (χ3n) is 2.35. The third-order valence-corrected chi connectivity index (χ3v) is 3.22. The largest absolute Gasteiger partial charge is 0.369 e. The van der Waals surface area contributed by atoms with Gasteiger partial charge in [0.15, 0.2) is 0 Å². The molecule has 5 heteroatoms. The molecular weight excluding hydrogens is 234 g/mol. The van der Waals surface area contributed by atoms with Gasteiger partial charge in [-0.05, 0) is 5.75 Å². The van der Waals surface area contributed by atoms with E-state index >= 15 is 0 Å². The number of carbonyl (C=O) groups excluding carboxylic acids is 1. The Morgan fingerprint density at radius 1 is 1.29 bits per heavy atom. The summed E-state index contributed by atoms with van der Waals surface area (Å²) in [7, 11) is 0.